The number of aromatic hydroxyl groups is 1. The molecule has 5 aromatic rings. The first-order valence-electron chi connectivity index (χ1n) is 18.4. The normalized spacial score (nSPS) is 13.6. The SMILES string of the molecule is CC(=O)Nc1cn(C)c(C(=O)NCCC(=O)NCCCN(C)CCCNC(=O)c2ccc3c(O)cc4c(c3c2)C(CCl)CN4C(=O)c2cc3ccccc3o2)n1. The number of imidazole rings is 1. The third kappa shape index (κ3) is 9.12. The molecule has 0 saturated carbocycles. The van der Waals surface area contributed by atoms with Gasteiger partial charge >= 0.3 is 0 Å². The first-order valence-corrected chi connectivity index (χ1v) is 19.0. The van der Waals surface area contributed by atoms with E-state index in [0.717, 1.165) is 30.5 Å². The Morgan fingerprint density at radius 2 is 1.68 bits per heavy atom. The van der Waals surface area contributed by atoms with Gasteiger partial charge in [-0.15, -0.1) is 11.6 Å². The second-order valence-electron chi connectivity index (χ2n) is 13.9. The van der Waals surface area contributed by atoms with Crippen LogP contribution < -0.4 is 26.2 Å². The number of furan rings is 1. The van der Waals surface area contributed by atoms with Crippen LogP contribution in [-0.2, 0) is 16.6 Å². The molecule has 0 fully saturated rings. The second-order valence-corrected chi connectivity index (χ2v) is 14.2. The molecule has 16 heteroatoms. The number of carbonyl (C=O) groups excluding carboxylic acids is 5. The maximum absolute atomic E-state index is 13.7. The molecular formula is C40H45ClN8O7. The summed E-state index contributed by atoms with van der Waals surface area (Å²) in [6.45, 7) is 4.18. The fourth-order valence-electron chi connectivity index (χ4n) is 6.87. The Bertz CT molecular complexity index is 2250. The van der Waals surface area contributed by atoms with Crippen LogP contribution in [-0.4, -0.2) is 101 Å². The Morgan fingerprint density at radius 3 is 2.41 bits per heavy atom. The van der Waals surface area contributed by atoms with E-state index in [1.165, 1.54) is 17.7 Å². The zero-order chi connectivity index (χ0) is 39.9. The molecule has 294 valence electrons. The number of para-hydroxylation sites is 1. The number of nitrogens with one attached hydrogen (secondary N) is 4. The third-order valence-electron chi connectivity index (χ3n) is 9.63. The molecule has 0 saturated heterocycles. The van der Waals surface area contributed by atoms with Gasteiger partial charge < -0.3 is 45.2 Å². The average molecular weight is 785 g/mol. The molecule has 56 heavy (non-hydrogen) atoms. The highest BCUT2D eigenvalue weighted by molar-refractivity contribution is 6.19. The van der Waals surface area contributed by atoms with Gasteiger partial charge in [-0.3, -0.25) is 24.0 Å². The van der Waals surface area contributed by atoms with Gasteiger partial charge in [-0.05, 0) is 74.3 Å². The van der Waals surface area contributed by atoms with E-state index >= 15 is 0 Å². The summed E-state index contributed by atoms with van der Waals surface area (Å²) in [6, 6.07) is 15.8. The van der Waals surface area contributed by atoms with Gasteiger partial charge in [0.25, 0.3) is 17.7 Å². The Balaban J connectivity index is 0.938. The summed E-state index contributed by atoms with van der Waals surface area (Å²) in [5.74, 6) is -0.907. The molecule has 0 radical (unpaired) electrons. The fraction of sp³-hybridized carbons (Fsp3) is 0.350. The molecular weight excluding hydrogens is 740 g/mol. The number of hydrogen-bond donors (Lipinski definition) is 5. The van der Waals surface area contributed by atoms with E-state index in [4.69, 9.17) is 16.0 Å². The lowest BCUT2D eigenvalue weighted by atomic mass is 9.94. The van der Waals surface area contributed by atoms with Crippen molar-refractivity contribution in [1.82, 2.24) is 30.4 Å². The van der Waals surface area contributed by atoms with Crippen molar-refractivity contribution in [2.75, 3.05) is 62.4 Å². The number of phenols is 1. The minimum atomic E-state index is -0.447. The predicted octanol–water partition coefficient (Wildman–Crippen LogP) is 4.34. The van der Waals surface area contributed by atoms with Gasteiger partial charge in [-0.1, -0.05) is 18.2 Å². The van der Waals surface area contributed by atoms with Gasteiger partial charge in [0.2, 0.25) is 17.6 Å². The van der Waals surface area contributed by atoms with Gasteiger partial charge in [0.05, 0.1) is 5.69 Å². The van der Waals surface area contributed by atoms with Crippen molar-refractivity contribution in [2.24, 2.45) is 7.05 Å². The van der Waals surface area contributed by atoms with E-state index in [2.05, 4.69) is 31.2 Å². The van der Waals surface area contributed by atoms with E-state index in [9.17, 15) is 29.1 Å². The number of anilines is 2. The molecule has 2 aromatic heterocycles. The van der Waals surface area contributed by atoms with Crippen LogP contribution in [0.15, 0.2) is 65.2 Å². The average Bonchev–Trinajstić information content (AvgIpc) is 3.89. The van der Waals surface area contributed by atoms with Crippen molar-refractivity contribution in [3.63, 3.8) is 0 Å². The number of alkyl halides is 1. The summed E-state index contributed by atoms with van der Waals surface area (Å²) < 4.78 is 7.35. The topological polar surface area (TPSA) is 191 Å². The van der Waals surface area contributed by atoms with E-state index in [-0.39, 0.29) is 71.5 Å². The standard InChI is InChI=1S/C40H45ClN8O7/c1-24(50)45-34-23-48(3)37(46-34)39(54)44-15-12-35(52)42-13-6-16-47(2)17-7-14-43-38(53)26-10-11-28-29(18-26)36-27(21-41)22-49(30(36)20-31(28)51)40(55)33-19-25-8-4-5-9-32(25)56-33/h4-5,8-11,18-20,23,27,51H,6-7,12-17,21-22H2,1-3H3,(H,42,52)(H,43,53)(H,44,54)(H,45,50). The minimum Gasteiger partial charge on any atom is -0.507 e. The van der Waals surface area contributed by atoms with Crippen molar-refractivity contribution >= 4 is 74.4 Å². The summed E-state index contributed by atoms with van der Waals surface area (Å²) in [5.41, 5.74) is 2.38. The van der Waals surface area contributed by atoms with Crippen LogP contribution in [0, 0.1) is 0 Å². The molecule has 1 aliphatic rings. The summed E-state index contributed by atoms with van der Waals surface area (Å²) >= 11 is 6.43. The van der Waals surface area contributed by atoms with Crippen LogP contribution in [0.25, 0.3) is 21.7 Å². The largest absolute Gasteiger partial charge is 0.507 e. The first-order chi connectivity index (χ1) is 26.9. The van der Waals surface area contributed by atoms with Gasteiger partial charge in [-0.25, -0.2) is 4.98 Å². The first kappa shape index (κ1) is 39.8. The second kappa shape index (κ2) is 17.7. The van der Waals surface area contributed by atoms with Crippen LogP contribution in [0.4, 0.5) is 11.5 Å². The highest BCUT2D eigenvalue weighted by Crippen LogP contribution is 2.46. The maximum atomic E-state index is 13.7. The molecule has 6 rings (SSSR count). The van der Waals surface area contributed by atoms with Gasteiger partial charge in [-0.2, -0.15) is 0 Å². The van der Waals surface area contributed by atoms with Crippen molar-refractivity contribution < 1.29 is 33.5 Å². The Hall–Kier alpha value is -5.93. The number of halogens is 1. The number of phenolic OH excluding ortho intramolecular Hbond substituents is 1. The molecule has 1 unspecified atom stereocenters. The van der Waals surface area contributed by atoms with Gasteiger partial charge in [0, 0.05) is 87.0 Å². The monoisotopic (exact) mass is 784 g/mol. The van der Waals surface area contributed by atoms with Crippen molar-refractivity contribution in [3.8, 4) is 5.75 Å². The minimum absolute atomic E-state index is 0.00366. The lowest BCUT2D eigenvalue weighted by Gasteiger charge is -2.17. The molecule has 5 N–H and O–H groups in total. The Morgan fingerprint density at radius 1 is 0.946 bits per heavy atom. The molecule has 0 aliphatic carbocycles. The van der Waals surface area contributed by atoms with Crippen LogP contribution >= 0.6 is 11.6 Å². The number of carbonyl (C=O) groups is 5. The van der Waals surface area contributed by atoms with E-state index < -0.39 is 5.91 Å². The lowest BCUT2D eigenvalue weighted by molar-refractivity contribution is -0.121. The molecule has 0 spiro atoms. The van der Waals surface area contributed by atoms with Crippen molar-refractivity contribution in [2.45, 2.75) is 32.1 Å². The number of fused-ring (bicyclic) bond motifs is 4. The van der Waals surface area contributed by atoms with E-state index in [0.29, 0.717) is 53.7 Å². The van der Waals surface area contributed by atoms with Gasteiger partial charge in [0.15, 0.2) is 11.6 Å². The molecule has 1 atom stereocenters. The van der Waals surface area contributed by atoms with Gasteiger partial charge in [0.1, 0.15) is 11.3 Å². The molecule has 15 nitrogen and oxygen atoms in total. The number of benzene rings is 3. The van der Waals surface area contributed by atoms with E-state index in [1.54, 1.807) is 48.3 Å². The summed E-state index contributed by atoms with van der Waals surface area (Å²) in [7, 11) is 3.61. The van der Waals surface area contributed by atoms with Crippen LogP contribution in [0.2, 0.25) is 0 Å². The quantitative estimate of drug-likeness (QED) is 0.0716. The Labute approximate surface area is 328 Å². The predicted molar refractivity (Wildman–Crippen MR) is 214 cm³/mol. The lowest BCUT2D eigenvalue weighted by Crippen LogP contribution is -2.33. The van der Waals surface area contributed by atoms with Crippen molar-refractivity contribution in [1.29, 1.82) is 0 Å². The fourth-order valence-corrected chi connectivity index (χ4v) is 7.12. The molecule has 1 aliphatic heterocycles. The number of amides is 5. The molecule has 5 amide bonds. The van der Waals surface area contributed by atoms with E-state index in [1.807, 2.05) is 25.2 Å². The highest BCUT2D eigenvalue weighted by atomic mass is 35.5. The van der Waals surface area contributed by atoms with Crippen LogP contribution in [0.1, 0.15) is 69.2 Å². The number of aromatic nitrogens is 2. The third-order valence-corrected chi connectivity index (χ3v) is 10.0. The zero-order valence-electron chi connectivity index (χ0n) is 31.5. The summed E-state index contributed by atoms with van der Waals surface area (Å²) in [6.07, 6.45) is 3.07. The molecule has 3 aromatic carbocycles. The maximum Gasteiger partial charge on any atom is 0.294 e. The number of nitrogens with zero attached hydrogens (tertiary/aromatic N) is 4. The number of aryl methyl sites for hydroxylation is 1. The Kier molecular flexibility index (Phi) is 12.6. The molecule has 0 bridgehead atoms. The summed E-state index contributed by atoms with van der Waals surface area (Å²) in [4.78, 5) is 70.6. The molecule has 3 heterocycles. The summed E-state index contributed by atoms with van der Waals surface area (Å²) in [5, 5.41) is 24.1. The smallest absolute Gasteiger partial charge is 0.294 e. The highest BCUT2D eigenvalue weighted by Gasteiger charge is 2.36. The van der Waals surface area contributed by atoms with Crippen LogP contribution in [0.3, 0.4) is 0 Å². The number of rotatable bonds is 16. The van der Waals surface area contributed by atoms with Crippen LogP contribution in [0.5, 0.6) is 5.75 Å². The zero-order valence-corrected chi connectivity index (χ0v) is 32.2. The number of hydrogen-bond acceptors (Lipinski definition) is 9. The van der Waals surface area contributed by atoms with Crippen molar-refractivity contribution in [3.05, 3.63) is 83.5 Å².